The smallest absolute Gasteiger partial charge is 0.120 e. The van der Waals surface area contributed by atoms with Crippen molar-refractivity contribution in [3.8, 4) is 5.75 Å². The van der Waals surface area contributed by atoms with Gasteiger partial charge in [-0.25, -0.2) is 0 Å². The Morgan fingerprint density at radius 3 is 2.35 bits per heavy atom. The summed E-state index contributed by atoms with van der Waals surface area (Å²) in [5.74, 6) is 0.827. The molecule has 1 rings (SSSR count). The van der Waals surface area contributed by atoms with Crippen molar-refractivity contribution in [2.75, 3.05) is 19.8 Å². The van der Waals surface area contributed by atoms with Crippen LogP contribution in [0.3, 0.4) is 0 Å². The first kappa shape index (κ1) is 14.3. The Balaban J connectivity index is 2.42. The number of halogens is 1. The number of nitrogens with two attached hydrogens (primary N) is 1. The minimum Gasteiger partial charge on any atom is -0.491 e. The Bertz CT molecular complexity index is 345. The second-order valence-electron chi connectivity index (χ2n) is 4.14. The molecule has 1 aromatic carbocycles. The maximum absolute atomic E-state index is 6.08. The lowest BCUT2D eigenvalue weighted by Crippen LogP contribution is -2.22. The van der Waals surface area contributed by atoms with Crippen LogP contribution in [0.25, 0.3) is 0 Å². The molecule has 0 aliphatic rings. The lowest BCUT2D eigenvalue weighted by atomic mass is 10.1. The summed E-state index contributed by atoms with van der Waals surface area (Å²) in [6, 6.07) is 3.86. The highest BCUT2D eigenvalue weighted by atomic mass is 35.5. The third kappa shape index (κ3) is 4.54. The summed E-state index contributed by atoms with van der Waals surface area (Å²) in [4.78, 5) is 0. The number of ether oxygens (including phenoxy) is 2. The number of rotatable bonds is 6. The quantitative estimate of drug-likeness (QED) is 0.797. The van der Waals surface area contributed by atoms with Crippen molar-refractivity contribution in [3.05, 3.63) is 28.3 Å². The molecule has 1 aromatic rings. The van der Waals surface area contributed by atoms with E-state index >= 15 is 0 Å². The molecule has 0 fully saturated rings. The molecule has 1 unspecified atom stereocenters. The van der Waals surface area contributed by atoms with E-state index in [1.165, 1.54) is 0 Å². The average Bonchev–Trinajstić information content (AvgIpc) is 2.31. The summed E-state index contributed by atoms with van der Waals surface area (Å²) in [6.07, 6.45) is 0.0762. The standard InChI is InChI=1S/C13H20ClNO2/c1-9-6-12(7-10(2)13(9)14)17-5-4-16-11(3)8-15/h6-7,11H,4-5,8,15H2,1-3H3. The summed E-state index contributed by atoms with van der Waals surface area (Å²) >= 11 is 6.08. The predicted molar refractivity (Wildman–Crippen MR) is 70.9 cm³/mol. The van der Waals surface area contributed by atoms with Crippen LogP contribution in [0.2, 0.25) is 5.02 Å². The molecule has 0 saturated carbocycles. The van der Waals surface area contributed by atoms with Gasteiger partial charge in [-0.15, -0.1) is 0 Å². The van der Waals surface area contributed by atoms with Crippen molar-refractivity contribution in [3.63, 3.8) is 0 Å². The van der Waals surface area contributed by atoms with Crippen LogP contribution in [0.4, 0.5) is 0 Å². The van der Waals surface area contributed by atoms with Gasteiger partial charge in [-0.2, -0.15) is 0 Å². The Labute approximate surface area is 108 Å². The molecule has 0 radical (unpaired) electrons. The van der Waals surface area contributed by atoms with Gasteiger partial charge in [0.15, 0.2) is 0 Å². The van der Waals surface area contributed by atoms with E-state index in [-0.39, 0.29) is 6.10 Å². The Hall–Kier alpha value is -0.770. The monoisotopic (exact) mass is 257 g/mol. The minimum absolute atomic E-state index is 0.0762. The summed E-state index contributed by atoms with van der Waals surface area (Å²) in [6.45, 7) is 7.46. The maximum atomic E-state index is 6.08. The van der Waals surface area contributed by atoms with Crippen LogP contribution >= 0.6 is 11.6 Å². The van der Waals surface area contributed by atoms with Gasteiger partial charge in [0.05, 0.1) is 12.7 Å². The van der Waals surface area contributed by atoms with Gasteiger partial charge in [0.1, 0.15) is 12.4 Å². The largest absolute Gasteiger partial charge is 0.491 e. The Kier molecular flexibility index (Phi) is 5.75. The first-order valence-corrected chi connectivity index (χ1v) is 6.13. The first-order chi connectivity index (χ1) is 8.04. The fourth-order valence-corrected chi connectivity index (χ4v) is 1.58. The van der Waals surface area contributed by atoms with Crippen LogP contribution in [0, 0.1) is 13.8 Å². The van der Waals surface area contributed by atoms with E-state index in [9.17, 15) is 0 Å². The van der Waals surface area contributed by atoms with Crippen LogP contribution in [0.5, 0.6) is 5.75 Å². The van der Waals surface area contributed by atoms with Gasteiger partial charge >= 0.3 is 0 Å². The van der Waals surface area contributed by atoms with Gasteiger partial charge < -0.3 is 15.2 Å². The van der Waals surface area contributed by atoms with E-state index < -0.39 is 0 Å². The molecule has 0 saturated heterocycles. The van der Waals surface area contributed by atoms with Gasteiger partial charge in [-0.1, -0.05) is 11.6 Å². The molecule has 0 spiro atoms. The number of hydrogen-bond donors (Lipinski definition) is 1. The minimum atomic E-state index is 0.0762. The lowest BCUT2D eigenvalue weighted by Gasteiger charge is -2.12. The van der Waals surface area contributed by atoms with Gasteiger partial charge in [0.2, 0.25) is 0 Å². The Morgan fingerprint density at radius 1 is 1.24 bits per heavy atom. The maximum Gasteiger partial charge on any atom is 0.120 e. The predicted octanol–water partition coefficient (Wildman–Crippen LogP) is 2.70. The van der Waals surface area contributed by atoms with Crippen LogP contribution < -0.4 is 10.5 Å². The molecular formula is C13H20ClNO2. The van der Waals surface area contributed by atoms with E-state index in [2.05, 4.69) is 0 Å². The molecule has 3 nitrogen and oxygen atoms in total. The van der Waals surface area contributed by atoms with Crippen molar-refractivity contribution in [1.82, 2.24) is 0 Å². The lowest BCUT2D eigenvalue weighted by molar-refractivity contribution is 0.0496. The van der Waals surface area contributed by atoms with Crippen LogP contribution in [-0.4, -0.2) is 25.9 Å². The number of hydrogen-bond acceptors (Lipinski definition) is 3. The fraction of sp³-hybridized carbons (Fsp3) is 0.538. The van der Waals surface area contributed by atoms with Crippen molar-refractivity contribution < 1.29 is 9.47 Å². The van der Waals surface area contributed by atoms with E-state index in [1.807, 2.05) is 32.9 Å². The molecule has 1 atom stereocenters. The molecule has 0 heterocycles. The van der Waals surface area contributed by atoms with Crippen LogP contribution in [0.15, 0.2) is 12.1 Å². The van der Waals surface area contributed by atoms with Gasteiger partial charge in [-0.3, -0.25) is 0 Å². The first-order valence-electron chi connectivity index (χ1n) is 5.75. The molecule has 2 N–H and O–H groups in total. The average molecular weight is 258 g/mol. The summed E-state index contributed by atoms with van der Waals surface area (Å²) in [5, 5.41) is 0.797. The fourth-order valence-electron chi connectivity index (χ4n) is 1.47. The molecule has 0 aliphatic heterocycles. The molecule has 17 heavy (non-hydrogen) atoms. The topological polar surface area (TPSA) is 44.5 Å². The van der Waals surface area contributed by atoms with Crippen LogP contribution in [0.1, 0.15) is 18.1 Å². The normalized spacial score (nSPS) is 12.5. The zero-order valence-corrected chi connectivity index (χ0v) is 11.4. The highest BCUT2D eigenvalue weighted by molar-refractivity contribution is 6.32. The third-order valence-electron chi connectivity index (χ3n) is 2.50. The van der Waals surface area contributed by atoms with Gasteiger partial charge in [0, 0.05) is 11.6 Å². The van der Waals surface area contributed by atoms with E-state index in [0.717, 1.165) is 21.9 Å². The van der Waals surface area contributed by atoms with Crippen LogP contribution in [-0.2, 0) is 4.74 Å². The van der Waals surface area contributed by atoms with Gasteiger partial charge in [0.25, 0.3) is 0 Å². The van der Waals surface area contributed by atoms with Crippen molar-refractivity contribution in [2.24, 2.45) is 5.73 Å². The molecule has 4 heteroatoms. The van der Waals surface area contributed by atoms with E-state index in [4.69, 9.17) is 26.8 Å². The van der Waals surface area contributed by atoms with E-state index in [1.54, 1.807) is 0 Å². The SMILES string of the molecule is Cc1cc(OCCOC(C)CN)cc(C)c1Cl. The molecule has 0 aromatic heterocycles. The summed E-state index contributed by atoms with van der Waals surface area (Å²) in [5.41, 5.74) is 7.49. The second-order valence-corrected chi connectivity index (χ2v) is 4.51. The number of benzene rings is 1. The molecule has 0 aliphatic carbocycles. The van der Waals surface area contributed by atoms with E-state index in [0.29, 0.717) is 19.8 Å². The highest BCUT2D eigenvalue weighted by Gasteiger charge is 2.04. The molecular weight excluding hydrogens is 238 g/mol. The zero-order valence-electron chi connectivity index (χ0n) is 10.6. The molecule has 0 amide bonds. The second kappa shape index (κ2) is 6.84. The van der Waals surface area contributed by atoms with Gasteiger partial charge in [-0.05, 0) is 44.0 Å². The summed E-state index contributed by atoms with van der Waals surface area (Å²) < 4.78 is 11.0. The molecule has 0 bridgehead atoms. The van der Waals surface area contributed by atoms with Crippen molar-refractivity contribution >= 4 is 11.6 Å². The zero-order chi connectivity index (χ0) is 12.8. The number of aryl methyl sites for hydroxylation is 2. The summed E-state index contributed by atoms with van der Waals surface area (Å²) in [7, 11) is 0. The highest BCUT2D eigenvalue weighted by Crippen LogP contribution is 2.25. The van der Waals surface area contributed by atoms with Crippen molar-refractivity contribution in [2.45, 2.75) is 26.9 Å². The third-order valence-corrected chi connectivity index (χ3v) is 3.09. The van der Waals surface area contributed by atoms with Crippen molar-refractivity contribution in [1.29, 1.82) is 0 Å². The Morgan fingerprint density at radius 2 is 1.82 bits per heavy atom. The molecule has 96 valence electrons.